The van der Waals surface area contributed by atoms with Crippen molar-refractivity contribution in [2.75, 3.05) is 13.2 Å². The van der Waals surface area contributed by atoms with Crippen molar-refractivity contribution >= 4 is 41.0 Å². The number of imide groups is 1. The molecule has 0 saturated heterocycles. The Morgan fingerprint density at radius 3 is 2.40 bits per heavy atom. The average molecular weight is 592 g/mol. The zero-order valence-corrected chi connectivity index (χ0v) is 22.2. The molecule has 40 heavy (non-hydrogen) atoms. The molecule has 0 bridgehead atoms. The molecule has 13 heteroatoms. The molecule has 2 aliphatic rings. The maximum atomic E-state index is 13.1. The summed E-state index contributed by atoms with van der Waals surface area (Å²) in [4.78, 5) is 47.1. The number of halogens is 4. The van der Waals surface area contributed by atoms with Crippen molar-refractivity contribution < 1.29 is 37.4 Å². The second kappa shape index (κ2) is 11.7. The minimum absolute atomic E-state index is 0.0327. The Morgan fingerprint density at radius 1 is 1.00 bits per heavy atom. The van der Waals surface area contributed by atoms with E-state index < -0.39 is 37.0 Å². The maximum Gasteiger partial charge on any atom is 0.387 e. The number of nitrogens with zero attached hydrogens (tertiary/aromatic N) is 3. The van der Waals surface area contributed by atoms with Crippen LogP contribution in [0.4, 0.5) is 8.78 Å². The van der Waals surface area contributed by atoms with Gasteiger partial charge in [0.15, 0.2) is 11.5 Å². The number of ether oxygens (including phenoxy) is 3. The molecule has 1 fully saturated rings. The van der Waals surface area contributed by atoms with E-state index in [2.05, 4.69) is 14.7 Å². The highest BCUT2D eigenvalue weighted by Crippen LogP contribution is 2.38. The quantitative estimate of drug-likeness (QED) is 0.218. The Bertz CT molecular complexity index is 1410. The van der Waals surface area contributed by atoms with E-state index >= 15 is 0 Å². The summed E-state index contributed by atoms with van der Waals surface area (Å²) in [5.41, 5.74) is 0.985. The minimum atomic E-state index is -3.08. The van der Waals surface area contributed by atoms with Crippen LogP contribution in [0.1, 0.15) is 50.8 Å². The fourth-order valence-corrected chi connectivity index (χ4v) is 4.69. The predicted molar refractivity (Wildman–Crippen MR) is 138 cm³/mol. The third kappa shape index (κ3) is 6.15. The first-order valence-corrected chi connectivity index (χ1v) is 13.0. The van der Waals surface area contributed by atoms with Crippen LogP contribution in [0.15, 0.2) is 49.1 Å². The molecule has 0 unspecified atom stereocenters. The largest absolute Gasteiger partial charge is 0.489 e. The van der Waals surface area contributed by atoms with Gasteiger partial charge in [-0.1, -0.05) is 29.3 Å². The Hall–Kier alpha value is -3.83. The molecule has 3 heterocycles. The summed E-state index contributed by atoms with van der Waals surface area (Å²) in [6, 6.07) is 5.56. The standard InChI is InChI=1S/C27H21Cl2F2N3O6/c28-19-10-33-11-20(29)17(19)8-22(15-3-4-21(40-27(30)31)23(7-15)38-13-14-1-2-14)39-24(35)12-34-25(36)16-5-6-32-9-18(16)26(34)37/h3-7,9-11,14,22,27H,1-2,8,12-13H2/t22-/m0/s1. The molecule has 2 amide bonds. The van der Waals surface area contributed by atoms with Crippen LogP contribution in [-0.4, -0.2) is 52.4 Å². The highest BCUT2D eigenvalue weighted by atomic mass is 35.5. The van der Waals surface area contributed by atoms with Gasteiger partial charge in [0.05, 0.1) is 27.8 Å². The lowest BCUT2D eigenvalue weighted by Gasteiger charge is -2.22. The van der Waals surface area contributed by atoms with Crippen LogP contribution >= 0.6 is 23.2 Å². The van der Waals surface area contributed by atoms with Crippen molar-refractivity contribution in [1.82, 2.24) is 14.9 Å². The third-order valence-corrected chi connectivity index (χ3v) is 7.05. The molecule has 0 N–H and O–H groups in total. The normalized spacial score (nSPS) is 15.3. The number of hydrogen-bond acceptors (Lipinski definition) is 8. The molecule has 0 radical (unpaired) electrons. The van der Waals surface area contributed by atoms with Gasteiger partial charge >= 0.3 is 12.6 Å². The van der Waals surface area contributed by atoms with Gasteiger partial charge in [-0.2, -0.15) is 8.78 Å². The van der Waals surface area contributed by atoms with E-state index in [9.17, 15) is 23.2 Å². The topological polar surface area (TPSA) is 108 Å². The molecule has 208 valence electrons. The molecule has 1 atom stereocenters. The first-order chi connectivity index (χ1) is 19.2. The lowest BCUT2D eigenvalue weighted by atomic mass is 10.0. The number of amides is 2. The van der Waals surface area contributed by atoms with Crippen molar-refractivity contribution in [2.45, 2.75) is 32.0 Å². The lowest BCUT2D eigenvalue weighted by Crippen LogP contribution is -2.36. The first-order valence-electron chi connectivity index (χ1n) is 12.2. The molecule has 3 aromatic rings. The molecule has 0 spiro atoms. The molecular formula is C27H21Cl2F2N3O6. The summed E-state index contributed by atoms with van der Waals surface area (Å²) in [5.74, 6) is -2.04. The van der Waals surface area contributed by atoms with Crippen molar-refractivity contribution in [3.63, 3.8) is 0 Å². The highest BCUT2D eigenvalue weighted by molar-refractivity contribution is 6.35. The van der Waals surface area contributed by atoms with E-state index in [-0.39, 0.29) is 39.1 Å². The molecule has 1 aliphatic carbocycles. The number of esters is 1. The number of hydrogen-bond donors (Lipinski definition) is 0. The van der Waals surface area contributed by atoms with E-state index in [0.717, 1.165) is 17.7 Å². The van der Waals surface area contributed by atoms with E-state index in [1.54, 1.807) is 0 Å². The second-order valence-electron chi connectivity index (χ2n) is 9.22. The minimum Gasteiger partial charge on any atom is -0.489 e. The second-order valence-corrected chi connectivity index (χ2v) is 10.0. The average Bonchev–Trinajstić information content (AvgIpc) is 3.73. The van der Waals surface area contributed by atoms with Crippen LogP contribution in [0, 0.1) is 5.92 Å². The smallest absolute Gasteiger partial charge is 0.387 e. The zero-order chi connectivity index (χ0) is 28.4. The van der Waals surface area contributed by atoms with Crippen LogP contribution in [-0.2, 0) is 16.0 Å². The summed E-state index contributed by atoms with van der Waals surface area (Å²) < 4.78 is 42.2. The lowest BCUT2D eigenvalue weighted by molar-refractivity contribution is -0.149. The highest BCUT2D eigenvalue weighted by Gasteiger charge is 2.37. The van der Waals surface area contributed by atoms with Gasteiger partial charge in [-0.05, 0) is 48.1 Å². The molecule has 1 aliphatic heterocycles. The molecular weight excluding hydrogens is 571 g/mol. The third-order valence-electron chi connectivity index (χ3n) is 6.40. The van der Waals surface area contributed by atoms with Crippen molar-refractivity contribution in [2.24, 2.45) is 5.92 Å². The van der Waals surface area contributed by atoms with Gasteiger partial charge in [0, 0.05) is 31.2 Å². The van der Waals surface area contributed by atoms with Gasteiger partial charge < -0.3 is 14.2 Å². The predicted octanol–water partition coefficient (Wildman–Crippen LogP) is 5.30. The molecule has 5 rings (SSSR count). The number of rotatable bonds is 11. The van der Waals surface area contributed by atoms with E-state index in [4.69, 9.17) is 32.7 Å². The van der Waals surface area contributed by atoms with Crippen LogP contribution in [0.2, 0.25) is 10.0 Å². The Labute approximate surface area is 237 Å². The number of pyridine rings is 2. The molecule has 9 nitrogen and oxygen atoms in total. The summed E-state index contributed by atoms with van der Waals surface area (Å²) in [6.45, 7) is -3.44. The van der Waals surface area contributed by atoms with Crippen LogP contribution in [0.3, 0.4) is 0 Å². The number of fused-ring (bicyclic) bond motifs is 1. The summed E-state index contributed by atoms with van der Waals surface area (Å²) in [6.07, 6.45) is 6.21. The van der Waals surface area contributed by atoms with Crippen molar-refractivity contribution in [3.8, 4) is 11.5 Å². The van der Waals surface area contributed by atoms with Crippen molar-refractivity contribution in [3.05, 3.63) is 81.4 Å². The number of carbonyl (C=O) groups is 3. The molecule has 2 aromatic heterocycles. The van der Waals surface area contributed by atoms with E-state index in [1.165, 1.54) is 49.1 Å². The number of aromatic nitrogens is 2. The SMILES string of the molecule is O=C(CN1C(=O)c2ccncc2C1=O)O[C@@H](Cc1c(Cl)cncc1Cl)c1ccc(OC(F)F)c(OCC2CC2)c1. The van der Waals surface area contributed by atoms with Gasteiger partial charge in [0.25, 0.3) is 11.8 Å². The van der Waals surface area contributed by atoms with Crippen molar-refractivity contribution in [1.29, 1.82) is 0 Å². The Kier molecular flexibility index (Phi) is 8.13. The summed E-state index contributed by atoms with van der Waals surface area (Å²) in [7, 11) is 0. The van der Waals surface area contributed by atoms with Gasteiger partial charge in [0.2, 0.25) is 0 Å². The summed E-state index contributed by atoms with van der Waals surface area (Å²) >= 11 is 12.6. The zero-order valence-electron chi connectivity index (χ0n) is 20.7. The van der Waals surface area contributed by atoms with E-state index in [0.29, 0.717) is 23.7 Å². The Balaban J connectivity index is 1.42. The van der Waals surface area contributed by atoms with Gasteiger partial charge in [-0.3, -0.25) is 29.3 Å². The van der Waals surface area contributed by atoms with Gasteiger partial charge in [-0.15, -0.1) is 0 Å². The van der Waals surface area contributed by atoms with Gasteiger partial charge in [0.1, 0.15) is 12.6 Å². The van der Waals surface area contributed by atoms with Crippen LogP contribution in [0.5, 0.6) is 11.5 Å². The summed E-state index contributed by atoms with van der Waals surface area (Å²) in [5, 5.41) is 0.425. The Morgan fingerprint density at radius 2 is 1.73 bits per heavy atom. The van der Waals surface area contributed by atoms with Crippen LogP contribution in [0.25, 0.3) is 0 Å². The molecule has 1 saturated carbocycles. The van der Waals surface area contributed by atoms with Gasteiger partial charge in [-0.25, -0.2) is 0 Å². The number of carbonyl (C=O) groups excluding carboxylic acids is 3. The maximum absolute atomic E-state index is 13.1. The van der Waals surface area contributed by atoms with Crippen LogP contribution < -0.4 is 9.47 Å². The monoisotopic (exact) mass is 591 g/mol. The molecule has 1 aromatic carbocycles. The number of alkyl halides is 2. The van der Waals surface area contributed by atoms with E-state index in [1.807, 2.05) is 0 Å². The fraction of sp³-hybridized carbons (Fsp3) is 0.296. The number of benzene rings is 1. The first kappa shape index (κ1) is 27.7. The fourth-order valence-electron chi connectivity index (χ4n) is 4.17.